The van der Waals surface area contributed by atoms with Crippen molar-refractivity contribution in [3.8, 4) is 5.75 Å². The second-order valence-electron chi connectivity index (χ2n) is 9.01. The zero-order valence-corrected chi connectivity index (χ0v) is 17.6. The third kappa shape index (κ3) is 4.93. The van der Waals surface area contributed by atoms with Crippen LogP contribution in [0.15, 0.2) is 24.3 Å². The van der Waals surface area contributed by atoms with E-state index in [9.17, 15) is 9.59 Å². The fourth-order valence-electron chi connectivity index (χ4n) is 5.09. The maximum absolute atomic E-state index is 13.2. The Labute approximate surface area is 174 Å². The largest absolute Gasteiger partial charge is 0.497 e. The zero-order valence-electron chi connectivity index (χ0n) is 17.6. The number of rotatable bonds is 7. The van der Waals surface area contributed by atoms with E-state index in [0.717, 1.165) is 31.4 Å². The van der Waals surface area contributed by atoms with Crippen LogP contribution in [0, 0.1) is 5.92 Å². The van der Waals surface area contributed by atoms with Crippen LogP contribution in [0.4, 0.5) is 0 Å². The van der Waals surface area contributed by atoms with Crippen LogP contribution in [-0.2, 0) is 9.59 Å². The Kier molecular flexibility index (Phi) is 6.41. The molecular formula is C24H34N2O3. The summed E-state index contributed by atoms with van der Waals surface area (Å²) in [4.78, 5) is 28.0. The third-order valence-corrected chi connectivity index (χ3v) is 6.96. The predicted molar refractivity (Wildman–Crippen MR) is 113 cm³/mol. The predicted octanol–water partition coefficient (Wildman–Crippen LogP) is 4.02. The molecule has 5 heteroatoms. The van der Waals surface area contributed by atoms with E-state index in [1.54, 1.807) is 7.11 Å². The van der Waals surface area contributed by atoms with Crippen molar-refractivity contribution in [3.05, 3.63) is 29.8 Å². The molecule has 158 valence electrons. The lowest BCUT2D eigenvalue weighted by Gasteiger charge is -2.29. The van der Waals surface area contributed by atoms with Crippen molar-refractivity contribution >= 4 is 11.8 Å². The van der Waals surface area contributed by atoms with E-state index in [1.165, 1.54) is 37.7 Å². The molecule has 0 radical (unpaired) electrons. The van der Waals surface area contributed by atoms with E-state index in [2.05, 4.69) is 17.4 Å². The highest BCUT2D eigenvalue weighted by Gasteiger charge is 2.39. The van der Waals surface area contributed by atoms with Gasteiger partial charge in [-0.15, -0.1) is 0 Å². The van der Waals surface area contributed by atoms with Gasteiger partial charge >= 0.3 is 0 Å². The van der Waals surface area contributed by atoms with Crippen molar-refractivity contribution in [2.24, 2.45) is 5.92 Å². The van der Waals surface area contributed by atoms with Crippen molar-refractivity contribution in [2.75, 3.05) is 13.7 Å². The van der Waals surface area contributed by atoms with Gasteiger partial charge in [-0.05, 0) is 68.1 Å². The second-order valence-corrected chi connectivity index (χ2v) is 9.01. The number of nitrogens with zero attached hydrogens (tertiary/aromatic N) is 1. The molecule has 3 fully saturated rings. The number of ether oxygens (including phenoxy) is 1. The topological polar surface area (TPSA) is 58.6 Å². The highest BCUT2D eigenvalue weighted by atomic mass is 16.5. The van der Waals surface area contributed by atoms with E-state index in [4.69, 9.17) is 4.74 Å². The molecule has 5 nitrogen and oxygen atoms in total. The number of amides is 2. The van der Waals surface area contributed by atoms with Crippen LogP contribution < -0.4 is 10.1 Å². The van der Waals surface area contributed by atoms with Gasteiger partial charge in [0.05, 0.1) is 7.11 Å². The maximum Gasteiger partial charge on any atom is 0.243 e. The Hall–Kier alpha value is -2.04. The van der Waals surface area contributed by atoms with Gasteiger partial charge in [0.15, 0.2) is 0 Å². The lowest BCUT2D eigenvalue weighted by atomic mass is 9.90. The lowest BCUT2D eigenvalue weighted by Crippen LogP contribution is -2.49. The summed E-state index contributed by atoms with van der Waals surface area (Å²) in [6.45, 7) is 0.710. The molecule has 2 amide bonds. The number of methoxy groups -OCH3 is 1. The number of carbonyl (C=O) groups excluding carboxylic acids is 2. The van der Waals surface area contributed by atoms with Crippen LogP contribution >= 0.6 is 0 Å². The summed E-state index contributed by atoms with van der Waals surface area (Å²) in [7, 11) is 1.67. The molecule has 29 heavy (non-hydrogen) atoms. The van der Waals surface area contributed by atoms with Gasteiger partial charge in [-0.1, -0.05) is 31.4 Å². The summed E-state index contributed by atoms with van der Waals surface area (Å²) in [6.07, 6.45) is 10.4. The first-order valence-electron chi connectivity index (χ1n) is 11.4. The average Bonchev–Trinajstić information content (AvgIpc) is 3.47. The maximum atomic E-state index is 13.2. The van der Waals surface area contributed by atoms with Crippen LogP contribution in [0.2, 0.25) is 0 Å². The molecular weight excluding hydrogens is 364 g/mol. The van der Waals surface area contributed by atoms with Crippen LogP contribution in [0.5, 0.6) is 5.75 Å². The summed E-state index contributed by atoms with van der Waals surface area (Å²) in [5.41, 5.74) is 1.21. The van der Waals surface area contributed by atoms with Crippen LogP contribution in [0.1, 0.15) is 75.7 Å². The van der Waals surface area contributed by atoms with Crippen molar-refractivity contribution in [1.82, 2.24) is 10.2 Å². The minimum atomic E-state index is -0.278. The molecule has 0 spiro atoms. The van der Waals surface area contributed by atoms with Crippen LogP contribution in [0.25, 0.3) is 0 Å². The molecule has 0 aromatic heterocycles. The van der Waals surface area contributed by atoms with Gasteiger partial charge in [0.25, 0.3) is 0 Å². The fraction of sp³-hybridized carbons (Fsp3) is 0.667. The molecule has 1 N–H and O–H groups in total. The SMILES string of the molecule is COc1ccc(C(CC(=O)N2CCC[C@@H]2C(=O)NC2CCCCC2)C2CC2)cc1. The summed E-state index contributed by atoms with van der Waals surface area (Å²) >= 11 is 0. The summed E-state index contributed by atoms with van der Waals surface area (Å²) in [5.74, 6) is 1.88. The lowest BCUT2D eigenvalue weighted by molar-refractivity contribution is -0.139. The van der Waals surface area contributed by atoms with Gasteiger partial charge in [-0.2, -0.15) is 0 Å². The molecule has 3 aliphatic rings. The third-order valence-electron chi connectivity index (χ3n) is 6.96. The Bertz CT molecular complexity index is 707. The Morgan fingerprint density at radius 2 is 1.76 bits per heavy atom. The minimum absolute atomic E-state index is 0.0650. The van der Waals surface area contributed by atoms with Gasteiger partial charge < -0.3 is 15.0 Å². The molecule has 1 aromatic carbocycles. The number of benzene rings is 1. The number of hydrogen-bond donors (Lipinski definition) is 1. The Balaban J connectivity index is 1.39. The Morgan fingerprint density at radius 1 is 1.03 bits per heavy atom. The standard InChI is InChI=1S/C24H34N2O3/c1-29-20-13-11-18(12-14-20)21(17-9-10-17)16-23(27)26-15-5-8-22(26)24(28)25-19-6-3-2-4-7-19/h11-14,17,19,21-22H,2-10,15-16H2,1H3,(H,25,28)/t21?,22-/m1/s1. The minimum Gasteiger partial charge on any atom is -0.497 e. The summed E-state index contributed by atoms with van der Waals surface area (Å²) in [5, 5.41) is 3.23. The van der Waals surface area contributed by atoms with E-state index in [0.29, 0.717) is 24.9 Å². The summed E-state index contributed by atoms with van der Waals surface area (Å²) in [6, 6.07) is 8.16. The number of likely N-dealkylation sites (tertiary alicyclic amines) is 1. The molecule has 1 unspecified atom stereocenters. The first-order valence-corrected chi connectivity index (χ1v) is 11.4. The molecule has 1 heterocycles. The van der Waals surface area contributed by atoms with Gasteiger partial charge in [0.1, 0.15) is 11.8 Å². The molecule has 1 aliphatic heterocycles. The Morgan fingerprint density at radius 3 is 2.41 bits per heavy atom. The van der Waals surface area contributed by atoms with Gasteiger partial charge in [-0.25, -0.2) is 0 Å². The quantitative estimate of drug-likeness (QED) is 0.755. The number of carbonyl (C=O) groups is 2. The molecule has 0 bridgehead atoms. The normalized spacial score (nSPS) is 23.6. The van der Waals surface area contributed by atoms with Crippen molar-refractivity contribution in [3.63, 3.8) is 0 Å². The number of hydrogen-bond acceptors (Lipinski definition) is 3. The second kappa shape index (κ2) is 9.19. The fourth-order valence-corrected chi connectivity index (χ4v) is 5.09. The molecule has 2 atom stereocenters. The molecule has 2 aliphatic carbocycles. The van der Waals surface area contributed by atoms with Gasteiger partial charge in [0.2, 0.25) is 11.8 Å². The number of nitrogens with one attached hydrogen (secondary N) is 1. The molecule has 1 saturated heterocycles. The van der Waals surface area contributed by atoms with Crippen molar-refractivity contribution < 1.29 is 14.3 Å². The van der Waals surface area contributed by atoms with E-state index in [-0.39, 0.29) is 23.8 Å². The van der Waals surface area contributed by atoms with Gasteiger partial charge in [-0.3, -0.25) is 9.59 Å². The zero-order chi connectivity index (χ0) is 20.2. The molecule has 1 aromatic rings. The highest BCUT2D eigenvalue weighted by molar-refractivity contribution is 5.88. The first-order chi connectivity index (χ1) is 14.2. The first kappa shape index (κ1) is 20.2. The van der Waals surface area contributed by atoms with E-state index < -0.39 is 0 Å². The molecule has 2 saturated carbocycles. The van der Waals surface area contributed by atoms with Crippen molar-refractivity contribution in [1.29, 1.82) is 0 Å². The summed E-state index contributed by atoms with van der Waals surface area (Å²) < 4.78 is 5.27. The van der Waals surface area contributed by atoms with E-state index >= 15 is 0 Å². The van der Waals surface area contributed by atoms with Gasteiger partial charge in [0, 0.05) is 19.0 Å². The monoisotopic (exact) mass is 398 g/mol. The van der Waals surface area contributed by atoms with E-state index in [1.807, 2.05) is 17.0 Å². The average molecular weight is 399 g/mol. The molecule has 4 rings (SSSR count). The highest BCUT2D eigenvalue weighted by Crippen LogP contribution is 2.45. The van der Waals surface area contributed by atoms with Crippen LogP contribution in [0.3, 0.4) is 0 Å². The van der Waals surface area contributed by atoms with Crippen molar-refractivity contribution in [2.45, 2.75) is 82.2 Å². The van der Waals surface area contributed by atoms with Crippen LogP contribution in [-0.4, -0.2) is 42.5 Å². The smallest absolute Gasteiger partial charge is 0.243 e.